The maximum absolute atomic E-state index is 13.5. The van der Waals surface area contributed by atoms with Crippen molar-refractivity contribution in [2.24, 2.45) is 0 Å². The van der Waals surface area contributed by atoms with E-state index in [0.29, 0.717) is 4.47 Å². The van der Waals surface area contributed by atoms with Crippen LogP contribution in [0.1, 0.15) is 10.4 Å². The summed E-state index contributed by atoms with van der Waals surface area (Å²) in [5, 5.41) is 2.16. The van der Waals surface area contributed by atoms with Gasteiger partial charge < -0.3 is 5.32 Å². The standard InChI is InChI=1S/C12H10BrFN2O3S/c13-7-1-2-8(9(14)5-7)11(18)15-3-4-16-10(17)6-20-12(16)19/h1-2,5H,3-4,6H2,(H,15,18). The molecule has 5 nitrogen and oxygen atoms in total. The van der Waals surface area contributed by atoms with Crippen LogP contribution in [0, 0.1) is 5.82 Å². The zero-order chi connectivity index (χ0) is 14.7. The normalized spacial score (nSPS) is 14.8. The summed E-state index contributed by atoms with van der Waals surface area (Å²) in [6.07, 6.45) is 0. The van der Waals surface area contributed by atoms with Gasteiger partial charge in [-0.2, -0.15) is 0 Å². The van der Waals surface area contributed by atoms with Crippen LogP contribution in [-0.4, -0.2) is 40.8 Å². The highest BCUT2D eigenvalue weighted by atomic mass is 79.9. The number of amides is 3. The smallest absolute Gasteiger partial charge is 0.288 e. The van der Waals surface area contributed by atoms with E-state index in [1.165, 1.54) is 12.1 Å². The predicted molar refractivity (Wildman–Crippen MR) is 76.0 cm³/mol. The summed E-state index contributed by atoms with van der Waals surface area (Å²) < 4.78 is 14.1. The maximum Gasteiger partial charge on any atom is 0.288 e. The molecular formula is C12H10BrFN2O3S. The third kappa shape index (κ3) is 3.37. The molecular weight excluding hydrogens is 351 g/mol. The van der Waals surface area contributed by atoms with Crippen molar-refractivity contribution in [1.82, 2.24) is 10.2 Å². The van der Waals surface area contributed by atoms with Crippen LogP contribution < -0.4 is 5.32 Å². The van der Waals surface area contributed by atoms with Crippen LogP contribution in [-0.2, 0) is 4.79 Å². The molecule has 1 aliphatic heterocycles. The monoisotopic (exact) mass is 360 g/mol. The summed E-state index contributed by atoms with van der Waals surface area (Å²) >= 11 is 4.03. The summed E-state index contributed by atoms with van der Waals surface area (Å²) in [5.74, 6) is -1.36. The van der Waals surface area contributed by atoms with E-state index in [-0.39, 0.29) is 35.6 Å². The van der Waals surface area contributed by atoms with Crippen molar-refractivity contribution in [1.29, 1.82) is 0 Å². The minimum atomic E-state index is -0.638. The molecule has 2 rings (SSSR count). The van der Waals surface area contributed by atoms with Crippen molar-refractivity contribution >= 4 is 44.7 Å². The van der Waals surface area contributed by atoms with Crippen LogP contribution >= 0.6 is 27.7 Å². The van der Waals surface area contributed by atoms with Crippen LogP contribution in [0.4, 0.5) is 9.18 Å². The Hall–Kier alpha value is -1.41. The average Bonchev–Trinajstić information content (AvgIpc) is 2.70. The van der Waals surface area contributed by atoms with Crippen LogP contribution in [0.15, 0.2) is 22.7 Å². The number of rotatable bonds is 4. The van der Waals surface area contributed by atoms with Crippen molar-refractivity contribution in [3.05, 3.63) is 34.1 Å². The second-order valence-corrected chi connectivity index (χ2v) is 5.82. The quantitative estimate of drug-likeness (QED) is 0.891. The van der Waals surface area contributed by atoms with Crippen molar-refractivity contribution in [3.8, 4) is 0 Å². The lowest BCUT2D eigenvalue weighted by Crippen LogP contribution is -2.37. The Morgan fingerprint density at radius 1 is 1.45 bits per heavy atom. The number of hydrogen-bond acceptors (Lipinski definition) is 4. The predicted octanol–water partition coefficient (Wildman–Crippen LogP) is 2.01. The van der Waals surface area contributed by atoms with Gasteiger partial charge in [-0.15, -0.1) is 0 Å². The van der Waals surface area contributed by atoms with Crippen LogP contribution in [0.25, 0.3) is 0 Å². The number of hydrogen-bond donors (Lipinski definition) is 1. The largest absolute Gasteiger partial charge is 0.350 e. The lowest BCUT2D eigenvalue weighted by atomic mass is 10.2. The Morgan fingerprint density at radius 3 is 2.80 bits per heavy atom. The Balaban J connectivity index is 1.89. The fourth-order valence-corrected chi connectivity index (χ4v) is 2.73. The molecule has 8 heteroatoms. The molecule has 1 saturated heterocycles. The van der Waals surface area contributed by atoms with Gasteiger partial charge in [0, 0.05) is 17.6 Å². The van der Waals surface area contributed by atoms with Gasteiger partial charge in [-0.25, -0.2) is 4.39 Å². The van der Waals surface area contributed by atoms with E-state index in [1.54, 1.807) is 6.07 Å². The summed E-state index contributed by atoms with van der Waals surface area (Å²) in [6, 6.07) is 4.11. The first kappa shape index (κ1) is 15.0. The van der Waals surface area contributed by atoms with Gasteiger partial charge in [0.05, 0.1) is 11.3 Å². The molecule has 0 saturated carbocycles. The molecule has 1 aromatic carbocycles. The fourth-order valence-electron chi connectivity index (χ4n) is 1.65. The molecule has 0 bridgehead atoms. The molecule has 0 aliphatic carbocycles. The van der Waals surface area contributed by atoms with E-state index in [0.717, 1.165) is 16.7 Å². The molecule has 0 radical (unpaired) electrons. The van der Waals surface area contributed by atoms with Gasteiger partial charge >= 0.3 is 0 Å². The number of halogens is 2. The van der Waals surface area contributed by atoms with Crippen molar-refractivity contribution in [3.63, 3.8) is 0 Å². The van der Waals surface area contributed by atoms with E-state index in [1.807, 2.05) is 0 Å². The van der Waals surface area contributed by atoms with E-state index in [2.05, 4.69) is 21.2 Å². The second-order valence-electron chi connectivity index (χ2n) is 3.98. The van der Waals surface area contributed by atoms with Gasteiger partial charge in [-0.1, -0.05) is 27.7 Å². The lowest BCUT2D eigenvalue weighted by molar-refractivity contribution is -0.124. The van der Waals surface area contributed by atoms with Crippen molar-refractivity contribution in [2.75, 3.05) is 18.8 Å². The number of carbonyl (C=O) groups is 3. The third-order valence-corrected chi connectivity index (χ3v) is 3.99. The summed E-state index contributed by atoms with van der Waals surface area (Å²) in [6.45, 7) is 0.181. The molecule has 0 spiro atoms. The molecule has 1 aromatic rings. The highest BCUT2D eigenvalue weighted by molar-refractivity contribution is 9.10. The lowest BCUT2D eigenvalue weighted by Gasteiger charge is -2.13. The van der Waals surface area contributed by atoms with Crippen LogP contribution in [0.5, 0.6) is 0 Å². The molecule has 20 heavy (non-hydrogen) atoms. The van der Waals surface area contributed by atoms with E-state index in [9.17, 15) is 18.8 Å². The molecule has 1 fully saturated rings. The Kier molecular flexibility index (Phi) is 4.77. The molecule has 1 aliphatic rings. The molecule has 1 N–H and O–H groups in total. The highest BCUT2D eigenvalue weighted by Gasteiger charge is 2.29. The van der Waals surface area contributed by atoms with Crippen LogP contribution in [0.3, 0.4) is 0 Å². The molecule has 3 amide bonds. The average molecular weight is 361 g/mol. The Bertz CT molecular complexity index is 566. The van der Waals surface area contributed by atoms with Crippen molar-refractivity contribution in [2.45, 2.75) is 0 Å². The fraction of sp³-hybridized carbons (Fsp3) is 0.250. The summed E-state index contributed by atoms with van der Waals surface area (Å²) in [5.41, 5.74) is -0.0818. The van der Waals surface area contributed by atoms with Crippen LogP contribution in [0.2, 0.25) is 0 Å². The molecule has 1 heterocycles. The Labute approximate surface area is 127 Å². The zero-order valence-electron chi connectivity index (χ0n) is 10.2. The molecule has 0 atom stereocenters. The van der Waals surface area contributed by atoms with E-state index in [4.69, 9.17) is 0 Å². The second kappa shape index (κ2) is 6.36. The van der Waals surface area contributed by atoms with Gasteiger partial charge in [0.15, 0.2) is 0 Å². The van der Waals surface area contributed by atoms with Crippen molar-refractivity contribution < 1.29 is 18.8 Å². The zero-order valence-corrected chi connectivity index (χ0v) is 12.6. The molecule has 0 unspecified atom stereocenters. The van der Waals surface area contributed by atoms with E-state index >= 15 is 0 Å². The summed E-state index contributed by atoms with van der Waals surface area (Å²) in [4.78, 5) is 35.5. The van der Waals surface area contributed by atoms with Gasteiger partial charge in [-0.05, 0) is 18.2 Å². The topological polar surface area (TPSA) is 66.5 Å². The first-order chi connectivity index (χ1) is 9.49. The number of carbonyl (C=O) groups excluding carboxylic acids is 3. The first-order valence-corrected chi connectivity index (χ1v) is 7.47. The van der Waals surface area contributed by atoms with Gasteiger partial charge in [0.2, 0.25) is 5.91 Å². The molecule has 0 aromatic heterocycles. The minimum Gasteiger partial charge on any atom is -0.350 e. The SMILES string of the molecule is O=C(NCCN1C(=O)CSC1=O)c1ccc(Br)cc1F. The van der Waals surface area contributed by atoms with E-state index < -0.39 is 11.7 Å². The van der Waals surface area contributed by atoms with Gasteiger partial charge in [0.25, 0.3) is 11.1 Å². The minimum absolute atomic E-state index is 0.0818. The number of nitrogens with one attached hydrogen (secondary N) is 1. The number of imide groups is 1. The summed E-state index contributed by atoms with van der Waals surface area (Å²) in [7, 11) is 0. The van der Waals surface area contributed by atoms with Gasteiger partial charge in [0.1, 0.15) is 5.82 Å². The number of benzene rings is 1. The number of nitrogens with zero attached hydrogens (tertiary/aromatic N) is 1. The molecule has 106 valence electrons. The third-order valence-electron chi connectivity index (χ3n) is 2.64. The highest BCUT2D eigenvalue weighted by Crippen LogP contribution is 2.18. The Morgan fingerprint density at radius 2 is 2.20 bits per heavy atom. The van der Waals surface area contributed by atoms with Gasteiger partial charge in [-0.3, -0.25) is 19.3 Å². The number of thioether (sulfide) groups is 1. The maximum atomic E-state index is 13.5. The first-order valence-electron chi connectivity index (χ1n) is 5.69.